The number of sulfone groups is 1. The van der Waals surface area contributed by atoms with Crippen molar-refractivity contribution in [3.63, 3.8) is 0 Å². The van der Waals surface area contributed by atoms with Gasteiger partial charge in [-0.2, -0.15) is 0 Å². The van der Waals surface area contributed by atoms with Crippen LogP contribution in [0.5, 0.6) is 5.75 Å². The largest absolute Gasteiger partial charge is 0.506 e. The van der Waals surface area contributed by atoms with Gasteiger partial charge in [0.05, 0.1) is 15.7 Å². The quantitative estimate of drug-likeness (QED) is 0.668. The van der Waals surface area contributed by atoms with Crippen molar-refractivity contribution < 1.29 is 13.5 Å². The molecule has 0 saturated heterocycles. The van der Waals surface area contributed by atoms with E-state index >= 15 is 0 Å². The van der Waals surface area contributed by atoms with E-state index in [1.54, 1.807) is 6.07 Å². The molecule has 2 aromatic carbocycles. The van der Waals surface area contributed by atoms with Gasteiger partial charge in [0, 0.05) is 12.0 Å². The Labute approximate surface area is 167 Å². The summed E-state index contributed by atoms with van der Waals surface area (Å²) in [5.74, 6) is -0.120. The van der Waals surface area contributed by atoms with Gasteiger partial charge in [0.25, 0.3) is 0 Å². The van der Waals surface area contributed by atoms with Gasteiger partial charge in [0.2, 0.25) is 0 Å². The van der Waals surface area contributed by atoms with E-state index in [0.717, 1.165) is 37.7 Å². The van der Waals surface area contributed by atoms with E-state index in [4.69, 9.17) is 11.6 Å². The highest BCUT2D eigenvalue weighted by atomic mass is 35.5. The Hall–Kier alpha value is -1.52. The summed E-state index contributed by atoms with van der Waals surface area (Å²) in [4.78, 5) is 0.227. The molecule has 0 fully saturated rings. The Balaban J connectivity index is 2.24. The molecule has 1 heterocycles. The van der Waals surface area contributed by atoms with Crippen LogP contribution in [0.25, 0.3) is 0 Å². The zero-order valence-electron chi connectivity index (χ0n) is 15.9. The van der Waals surface area contributed by atoms with Gasteiger partial charge in [-0.1, -0.05) is 68.6 Å². The number of aromatic hydroxyl groups is 1. The summed E-state index contributed by atoms with van der Waals surface area (Å²) >= 11 is 6.19. The molecule has 0 spiro atoms. The minimum Gasteiger partial charge on any atom is -0.506 e. The van der Waals surface area contributed by atoms with E-state index in [2.05, 4.69) is 13.8 Å². The number of unbranched alkanes of at least 4 members (excludes halogenated alkanes) is 1. The predicted molar refractivity (Wildman–Crippen MR) is 110 cm³/mol. The van der Waals surface area contributed by atoms with Gasteiger partial charge in [-0.25, -0.2) is 8.42 Å². The molecule has 1 aliphatic heterocycles. The highest BCUT2D eigenvalue weighted by molar-refractivity contribution is 7.91. The molecule has 3 rings (SSSR count). The van der Waals surface area contributed by atoms with Crippen LogP contribution in [0.15, 0.2) is 47.4 Å². The van der Waals surface area contributed by atoms with E-state index in [-0.39, 0.29) is 32.8 Å². The fourth-order valence-corrected chi connectivity index (χ4v) is 6.77. The summed E-state index contributed by atoms with van der Waals surface area (Å²) in [6.07, 6.45) is 4.50. The molecule has 0 aromatic heterocycles. The minimum absolute atomic E-state index is 0.0617. The number of phenolic OH excluding ortho intramolecular Hbond substituents is 1. The van der Waals surface area contributed by atoms with Crippen molar-refractivity contribution in [1.82, 2.24) is 0 Å². The molecule has 3 nitrogen and oxygen atoms in total. The molecule has 2 atom stereocenters. The number of halogens is 1. The molecule has 0 aliphatic carbocycles. The third-order valence-electron chi connectivity index (χ3n) is 5.94. The van der Waals surface area contributed by atoms with Gasteiger partial charge in [-0.05, 0) is 41.9 Å². The van der Waals surface area contributed by atoms with Gasteiger partial charge in [-0.15, -0.1) is 0 Å². The second-order valence-corrected chi connectivity index (χ2v) is 10.1. The maximum Gasteiger partial charge on any atom is 0.179 e. The van der Waals surface area contributed by atoms with E-state index < -0.39 is 9.84 Å². The molecular formula is C22H27ClO3S. The standard InChI is InChI=1S/C22H27ClO3S/c1-3-5-11-22(4-2)14-18(16-9-7-6-8-10-16)17-12-19(23)20(24)13-21(17)27(25,26)15-22/h6-10,12-13,18,24H,3-5,11,14-15H2,1-2H3/t18-,22+/m1/s1. The predicted octanol–water partition coefficient (Wildman–Crippen LogP) is 5.94. The lowest BCUT2D eigenvalue weighted by atomic mass is 9.71. The summed E-state index contributed by atoms with van der Waals surface area (Å²) < 4.78 is 26.6. The average molecular weight is 407 g/mol. The van der Waals surface area contributed by atoms with Gasteiger partial charge in [-0.3, -0.25) is 0 Å². The average Bonchev–Trinajstić information content (AvgIpc) is 2.75. The van der Waals surface area contributed by atoms with Gasteiger partial charge in [0.15, 0.2) is 9.84 Å². The SMILES string of the molecule is CCCC[C@@]1(CC)C[C@H](c2ccccc2)c2cc(Cl)c(O)cc2S(=O)(=O)C1. The normalized spacial score (nSPS) is 24.2. The topological polar surface area (TPSA) is 54.4 Å². The lowest BCUT2D eigenvalue weighted by Crippen LogP contribution is -2.29. The molecular weight excluding hydrogens is 380 g/mol. The van der Waals surface area contributed by atoms with E-state index in [0.29, 0.717) is 5.56 Å². The van der Waals surface area contributed by atoms with Crippen molar-refractivity contribution in [2.24, 2.45) is 5.41 Å². The molecule has 0 unspecified atom stereocenters. The van der Waals surface area contributed by atoms with Crippen LogP contribution >= 0.6 is 11.6 Å². The first-order valence-corrected chi connectivity index (χ1v) is 11.6. The first-order chi connectivity index (χ1) is 12.8. The third-order valence-corrected chi connectivity index (χ3v) is 8.25. The maximum atomic E-state index is 13.3. The zero-order valence-corrected chi connectivity index (χ0v) is 17.5. The van der Waals surface area contributed by atoms with Gasteiger partial charge < -0.3 is 5.11 Å². The van der Waals surface area contributed by atoms with Crippen molar-refractivity contribution >= 4 is 21.4 Å². The van der Waals surface area contributed by atoms with E-state index in [1.807, 2.05) is 30.3 Å². The smallest absolute Gasteiger partial charge is 0.179 e. The molecule has 5 heteroatoms. The van der Waals surface area contributed by atoms with Crippen molar-refractivity contribution in [2.75, 3.05) is 5.75 Å². The lowest BCUT2D eigenvalue weighted by molar-refractivity contribution is 0.247. The number of rotatable bonds is 5. The van der Waals surface area contributed by atoms with E-state index in [9.17, 15) is 13.5 Å². The molecule has 0 amide bonds. The summed E-state index contributed by atoms with van der Waals surface area (Å²) in [5.41, 5.74) is 1.51. The van der Waals surface area contributed by atoms with Gasteiger partial charge >= 0.3 is 0 Å². The Bertz CT molecular complexity index is 909. The fourth-order valence-electron chi connectivity index (χ4n) is 4.31. The minimum atomic E-state index is -3.53. The third kappa shape index (κ3) is 4.02. The van der Waals surface area contributed by atoms with Crippen molar-refractivity contribution in [3.05, 3.63) is 58.6 Å². The van der Waals surface area contributed by atoms with Crippen LogP contribution in [-0.4, -0.2) is 19.3 Å². The van der Waals surface area contributed by atoms with Crippen LogP contribution in [0.1, 0.15) is 63.0 Å². The summed E-state index contributed by atoms with van der Waals surface area (Å²) in [6.45, 7) is 4.23. The number of hydrogen-bond donors (Lipinski definition) is 1. The Kier molecular flexibility index (Phi) is 5.87. The van der Waals surface area contributed by atoms with Crippen LogP contribution in [0.2, 0.25) is 5.02 Å². The van der Waals surface area contributed by atoms with Crippen LogP contribution in [0.3, 0.4) is 0 Å². The van der Waals surface area contributed by atoms with Crippen molar-refractivity contribution in [2.45, 2.75) is 56.8 Å². The molecule has 0 bridgehead atoms. The Morgan fingerprint density at radius 3 is 2.52 bits per heavy atom. The number of phenols is 1. The first-order valence-electron chi connectivity index (χ1n) is 9.62. The summed E-state index contributed by atoms with van der Waals surface area (Å²) in [5, 5.41) is 10.3. The fraction of sp³-hybridized carbons (Fsp3) is 0.455. The summed E-state index contributed by atoms with van der Waals surface area (Å²) in [6, 6.07) is 13.0. The number of hydrogen-bond acceptors (Lipinski definition) is 3. The number of benzene rings is 2. The van der Waals surface area contributed by atoms with Crippen LogP contribution in [0.4, 0.5) is 0 Å². The van der Waals surface area contributed by atoms with Crippen molar-refractivity contribution in [3.8, 4) is 5.75 Å². The van der Waals surface area contributed by atoms with Gasteiger partial charge in [0.1, 0.15) is 5.75 Å². The summed E-state index contributed by atoms with van der Waals surface area (Å²) in [7, 11) is -3.53. The van der Waals surface area contributed by atoms with Crippen LogP contribution in [-0.2, 0) is 9.84 Å². The molecule has 1 aliphatic rings. The Morgan fingerprint density at radius 1 is 1.19 bits per heavy atom. The van der Waals surface area contributed by atoms with Crippen LogP contribution in [0, 0.1) is 5.41 Å². The monoisotopic (exact) mass is 406 g/mol. The zero-order chi connectivity index (χ0) is 19.7. The van der Waals surface area contributed by atoms with Crippen LogP contribution < -0.4 is 0 Å². The molecule has 146 valence electrons. The van der Waals surface area contributed by atoms with E-state index in [1.165, 1.54) is 6.07 Å². The highest BCUT2D eigenvalue weighted by Gasteiger charge is 2.42. The molecule has 2 aromatic rings. The molecule has 0 saturated carbocycles. The first kappa shape index (κ1) is 20.2. The number of fused-ring (bicyclic) bond motifs is 1. The second kappa shape index (κ2) is 7.84. The molecule has 0 radical (unpaired) electrons. The lowest BCUT2D eigenvalue weighted by Gasteiger charge is -2.34. The Morgan fingerprint density at radius 2 is 1.89 bits per heavy atom. The highest BCUT2D eigenvalue weighted by Crippen LogP contribution is 2.49. The maximum absolute atomic E-state index is 13.3. The second-order valence-electron chi connectivity index (χ2n) is 7.73. The molecule has 27 heavy (non-hydrogen) atoms. The molecule has 1 N–H and O–H groups in total. The van der Waals surface area contributed by atoms with Crippen molar-refractivity contribution in [1.29, 1.82) is 0 Å².